The van der Waals surface area contributed by atoms with Crippen LogP contribution in [0.25, 0.3) is 0 Å². The van der Waals surface area contributed by atoms with Crippen molar-refractivity contribution < 1.29 is 18.8 Å². The number of aliphatic hydroxyl groups is 1. The van der Waals surface area contributed by atoms with Gasteiger partial charge in [0.15, 0.2) is 0 Å². The number of hydrogen-bond acceptors (Lipinski definition) is 4. The van der Waals surface area contributed by atoms with E-state index in [0.29, 0.717) is 0 Å². The van der Waals surface area contributed by atoms with Crippen LogP contribution in [-0.2, 0) is 20.3 Å². The van der Waals surface area contributed by atoms with Crippen LogP contribution in [0.1, 0.15) is 67.2 Å². The SMILES string of the molecule is CC(=O)OCC1C(C)=CC(C(O)/C(C)=C/CC2=C(C)CCCC2(C)C)S1=O. The minimum Gasteiger partial charge on any atom is -0.464 e. The number of carbonyl (C=O) groups is 1. The standard InChI is InChI=1S/C22H34O4S/c1-14-8-7-11-22(5,6)18(14)10-9-15(2)21(24)19-12-16(3)20(27(19)25)13-26-17(4)23/h9,12,19-21,24H,7-8,10-11,13H2,1-6H3/b15-9+. The third-order valence-electron chi connectivity index (χ3n) is 6.01. The van der Waals surface area contributed by atoms with E-state index in [4.69, 9.17) is 4.74 Å². The zero-order chi connectivity index (χ0) is 20.4. The quantitative estimate of drug-likeness (QED) is 0.541. The maximum atomic E-state index is 12.8. The van der Waals surface area contributed by atoms with Gasteiger partial charge in [-0.15, -0.1) is 0 Å². The number of ether oxygens (including phenoxy) is 1. The molecule has 2 rings (SSSR count). The summed E-state index contributed by atoms with van der Waals surface area (Å²) in [5, 5.41) is 10.0. The molecule has 0 saturated heterocycles. The van der Waals surface area contributed by atoms with Gasteiger partial charge in [0, 0.05) is 17.7 Å². The number of rotatable bonds is 6. The van der Waals surface area contributed by atoms with E-state index in [1.165, 1.54) is 30.9 Å². The van der Waals surface area contributed by atoms with Crippen LogP contribution in [0.3, 0.4) is 0 Å². The van der Waals surface area contributed by atoms with Crippen LogP contribution in [-0.4, -0.2) is 38.5 Å². The summed E-state index contributed by atoms with van der Waals surface area (Å²) in [7, 11) is -1.30. The molecule has 0 bridgehead atoms. The van der Waals surface area contributed by atoms with E-state index in [-0.39, 0.29) is 23.2 Å². The molecule has 0 amide bonds. The molecule has 1 N–H and O–H groups in total. The fraction of sp³-hybridized carbons (Fsp3) is 0.682. The minimum absolute atomic E-state index is 0.108. The zero-order valence-corrected chi connectivity index (χ0v) is 18.3. The second-order valence-electron chi connectivity index (χ2n) is 8.59. The Morgan fingerprint density at radius 3 is 2.67 bits per heavy atom. The van der Waals surface area contributed by atoms with Crippen LogP contribution < -0.4 is 0 Å². The van der Waals surface area contributed by atoms with Gasteiger partial charge >= 0.3 is 5.97 Å². The first-order valence-electron chi connectivity index (χ1n) is 9.79. The topological polar surface area (TPSA) is 63.6 Å². The van der Waals surface area contributed by atoms with Crippen molar-refractivity contribution in [3.05, 3.63) is 34.4 Å². The molecule has 1 aliphatic heterocycles. The van der Waals surface area contributed by atoms with E-state index in [9.17, 15) is 14.1 Å². The highest BCUT2D eigenvalue weighted by molar-refractivity contribution is 7.87. The predicted molar refractivity (Wildman–Crippen MR) is 111 cm³/mol. The summed E-state index contributed by atoms with van der Waals surface area (Å²) in [6.07, 6.45) is 7.61. The Bertz CT molecular complexity index is 699. The van der Waals surface area contributed by atoms with Crippen molar-refractivity contribution in [3.63, 3.8) is 0 Å². The number of aliphatic hydroxyl groups excluding tert-OH is 1. The van der Waals surface area contributed by atoms with Gasteiger partial charge in [0.2, 0.25) is 0 Å². The lowest BCUT2D eigenvalue weighted by Gasteiger charge is -2.34. The first-order valence-corrected chi connectivity index (χ1v) is 11.1. The summed E-state index contributed by atoms with van der Waals surface area (Å²) < 4.78 is 17.8. The number of allylic oxidation sites excluding steroid dienone is 3. The van der Waals surface area contributed by atoms with Crippen LogP contribution in [0.15, 0.2) is 34.4 Å². The van der Waals surface area contributed by atoms with Gasteiger partial charge in [0.05, 0.1) is 16.6 Å². The molecule has 4 atom stereocenters. The molecule has 0 saturated carbocycles. The van der Waals surface area contributed by atoms with Gasteiger partial charge < -0.3 is 9.84 Å². The third kappa shape index (κ3) is 5.20. The van der Waals surface area contributed by atoms with Crippen LogP contribution in [0.2, 0.25) is 0 Å². The third-order valence-corrected chi connectivity index (χ3v) is 8.01. The summed E-state index contributed by atoms with van der Waals surface area (Å²) >= 11 is 0. The van der Waals surface area contributed by atoms with Gasteiger partial charge in [0.1, 0.15) is 6.61 Å². The molecule has 0 aromatic heterocycles. The highest BCUT2D eigenvalue weighted by atomic mass is 32.2. The Hall–Kier alpha value is -1.20. The van der Waals surface area contributed by atoms with Crippen molar-refractivity contribution in [2.45, 2.75) is 83.8 Å². The highest BCUT2D eigenvalue weighted by Gasteiger charge is 2.37. The van der Waals surface area contributed by atoms with E-state index in [2.05, 4.69) is 26.8 Å². The van der Waals surface area contributed by atoms with Crippen LogP contribution in [0, 0.1) is 5.41 Å². The van der Waals surface area contributed by atoms with Gasteiger partial charge in [-0.1, -0.05) is 42.7 Å². The van der Waals surface area contributed by atoms with Gasteiger partial charge in [-0.05, 0) is 57.4 Å². The maximum Gasteiger partial charge on any atom is 0.302 e. The van der Waals surface area contributed by atoms with E-state index in [0.717, 1.165) is 24.0 Å². The Kier molecular flexibility index (Phi) is 7.26. The summed E-state index contributed by atoms with van der Waals surface area (Å²) in [5.74, 6) is -0.376. The van der Waals surface area contributed by atoms with Gasteiger partial charge in [-0.25, -0.2) is 0 Å². The Balaban J connectivity index is 2.08. The monoisotopic (exact) mass is 394 g/mol. The summed E-state index contributed by atoms with van der Waals surface area (Å²) in [4.78, 5) is 11.0. The average molecular weight is 395 g/mol. The molecule has 2 aliphatic rings. The Morgan fingerprint density at radius 2 is 2.07 bits per heavy atom. The molecule has 0 aromatic carbocycles. The first-order chi connectivity index (χ1) is 12.5. The molecule has 27 heavy (non-hydrogen) atoms. The second kappa shape index (κ2) is 8.87. The van der Waals surface area contributed by atoms with Crippen molar-refractivity contribution in [3.8, 4) is 0 Å². The summed E-state index contributed by atoms with van der Waals surface area (Å²) in [6, 6.07) is 0. The molecule has 0 radical (unpaired) electrons. The van der Waals surface area contributed by atoms with Gasteiger partial charge in [0.25, 0.3) is 0 Å². The minimum atomic E-state index is -1.30. The molecule has 1 heterocycles. The predicted octanol–water partition coefficient (Wildman–Crippen LogP) is 4.22. The van der Waals surface area contributed by atoms with Crippen molar-refractivity contribution in [2.75, 3.05) is 6.61 Å². The van der Waals surface area contributed by atoms with Crippen molar-refractivity contribution in [1.82, 2.24) is 0 Å². The molecule has 152 valence electrons. The van der Waals surface area contributed by atoms with E-state index < -0.39 is 22.2 Å². The average Bonchev–Trinajstić information content (AvgIpc) is 2.85. The van der Waals surface area contributed by atoms with E-state index in [1.54, 1.807) is 0 Å². The summed E-state index contributed by atoms with van der Waals surface area (Å²) in [5.41, 5.74) is 4.90. The molecule has 5 heteroatoms. The van der Waals surface area contributed by atoms with E-state index in [1.807, 2.05) is 19.9 Å². The number of hydrogen-bond donors (Lipinski definition) is 1. The van der Waals surface area contributed by atoms with Crippen molar-refractivity contribution >= 4 is 16.8 Å². The highest BCUT2D eigenvalue weighted by Crippen LogP contribution is 2.42. The Morgan fingerprint density at radius 1 is 1.41 bits per heavy atom. The largest absolute Gasteiger partial charge is 0.464 e. The van der Waals surface area contributed by atoms with Crippen LogP contribution in [0.5, 0.6) is 0 Å². The molecule has 0 aromatic rings. The lowest BCUT2D eigenvalue weighted by atomic mass is 9.71. The Labute approximate surface area is 166 Å². The second-order valence-corrected chi connectivity index (χ2v) is 10.4. The molecule has 1 aliphatic carbocycles. The fourth-order valence-corrected chi connectivity index (χ4v) is 6.03. The zero-order valence-electron chi connectivity index (χ0n) is 17.5. The van der Waals surface area contributed by atoms with E-state index >= 15 is 0 Å². The molecule has 0 fully saturated rings. The molecule has 0 spiro atoms. The first kappa shape index (κ1) is 22.1. The van der Waals surface area contributed by atoms with Crippen LogP contribution in [0.4, 0.5) is 0 Å². The van der Waals surface area contributed by atoms with Crippen molar-refractivity contribution in [1.29, 1.82) is 0 Å². The van der Waals surface area contributed by atoms with Gasteiger partial charge in [-0.3, -0.25) is 9.00 Å². The fourth-order valence-electron chi connectivity index (χ4n) is 4.18. The smallest absolute Gasteiger partial charge is 0.302 e. The molecule has 4 nitrogen and oxygen atoms in total. The lowest BCUT2D eigenvalue weighted by molar-refractivity contribution is -0.140. The van der Waals surface area contributed by atoms with Crippen molar-refractivity contribution in [2.24, 2.45) is 5.41 Å². The molecular formula is C22H34O4S. The normalized spacial score (nSPS) is 29.5. The van der Waals surface area contributed by atoms with Crippen LogP contribution >= 0.6 is 0 Å². The lowest BCUT2D eigenvalue weighted by Crippen LogP contribution is -2.32. The number of esters is 1. The molecule has 4 unspecified atom stereocenters. The maximum absolute atomic E-state index is 12.8. The van der Waals surface area contributed by atoms with Gasteiger partial charge in [-0.2, -0.15) is 0 Å². The molecular weight excluding hydrogens is 360 g/mol. The number of carbonyl (C=O) groups excluding carboxylic acids is 1. The summed E-state index contributed by atoms with van der Waals surface area (Å²) in [6.45, 7) is 12.1.